The average Bonchev–Trinajstić information content (AvgIpc) is 3.04. The fourth-order valence-electron chi connectivity index (χ4n) is 2.42. The van der Waals surface area contributed by atoms with Crippen LogP contribution < -0.4 is 10.5 Å². The summed E-state index contributed by atoms with van der Waals surface area (Å²) in [5.74, 6) is 0.0128. The molecule has 1 aliphatic heterocycles. The monoisotopic (exact) mass is 301 g/mol. The predicted octanol–water partition coefficient (Wildman–Crippen LogP) is -0.00300. The van der Waals surface area contributed by atoms with Gasteiger partial charge in [-0.3, -0.25) is 4.79 Å². The van der Waals surface area contributed by atoms with Gasteiger partial charge in [-0.15, -0.1) is 0 Å². The van der Waals surface area contributed by atoms with E-state index in [-0.39, 0.29) is 28.7 Å². The molecule has 112 valence electrons. The average molecular weight is 301 g/mol. The maximum absolute atomic E-state index is 12.3. The zero-order valence-corrected chi connectivity index (χ0v) is 12.3. The van der Waals surface area contributed by atoms with Crippen molar-refractivity contribution in [1.29, 1.82) is 0 Å². The van der Waals surface area contributed by atoms with E-state index in [0.29, 0.717) is 13.1 Å². The Morgan fingerprint density at radius 1 is 1.55 bits per heavy atom. The van der Waals surface area contributed by atoms with Crippen LogP contribution in [0.3, 0.4) is 0 Å². The highest BCUT2D eigenvalue weighted by molar-refractivity contribution is 7.89. The van der Waals surface area contributed by atoms with Gasteiger partial charge in [0.25, 0.3) is 15.9 Å². The fraction of sp³-hybridized carbons (Fsp3) is 0.583. The van der Waals surface area contributed by atoms with Gasteiger partial charge in [0.2, 0.25) is 5.09 Å². The van der Waals surface area contributed by atoms with E-state index in [1.165, 1.54) is 19.2 Å². The van der Waals surface area contributed by atoms with Crippen molar-refractivity contribution in [1.82, 2.24) is 9.62 Å². The first-order chi connectivity index (χ1) is 9.39. The van der Waals surface area contributed by atoms with E-state index >= 15 is 0 Å². The second-order valence-corrected chi connectivity index (χ2v) is 6.79. The summed E-state index contributed by atoms with van der Waals surface area (Å²) in [6, 6.07) is 2.74. The maximum atomic E-state index is 12.3. The van der Waals surface area contributed by atoms with E-state index in [1.807, 2.05) is 6.92 Å². The molecule has 0 spiro atoms. The van der Waals surface area contributed by atoms with Crippen LogP contribution in [0.5, 0.6) is 0 Å². The van der Waals surface area contributed by atoms with Crippen LogP contribution in [-0.4, -0.2) is 45.4 Å². The Morgan fingerprint density at radius 3 is 2.80 bits per heavy atom. The fourth-order valence-corrected chi connectivity index (χ4v) is 3.07. The van der Waals surface area contributed by atoms with Crippen LogP contribution in [0.4, 0.5) is 0 Å². The zero-order chi connectivity index (χ0) is 14.9. The predicted molar refractivity (Wildman–Crippen MR) is 72.6 cm³/mol. The van der Waals surface area contributed by atoms with Crippen molar-refractivity contribution in [3.8, 4) is 0 Å². The molecular formula is C12H19N3O4S. The standard InChI is InChI=1S/C12H19N3O4S/c1-8-5-9(6-13)7-15(8)12(16)10-3-4-11(19-10)20(17,18)14-2/h3-4,8-9,14H,5-7,13H2,1-2H3. The van der Waals surface area contributed by atoms with Gasteiger partial charge in [-0.2, -0.15) is 0 Å². The molecule has 1 fully saturated rings. The number of rotatable bonds is 4. The summed E-state index contributed by atoms with van der Waals surface area (Å²) < 4.78 is 30.4. The molecule has 2 heterocycles. The molecule has 0 saturated carbocycles. The minimum atomic E-state index is -3.67. The number of carbonyl (C=O) groups is 1. The van der Waals surface area contributed by atoms with Gasteiger partial charge >= 0.3 is 0 Å². The van der Waals surface area contributed by atoms with Gasteiger partial charge in [0.15, 0.2) is 5.76 Å². The lowest BCUT2D eigenvalue weighted by molar-refractivity contribution is 0.0705. The van der Waals surface area contributed by atoms with E-state index in [2.05, 4.69) is 4.72 Å². The first kappa shape index (κ1) is 15.0. The lowest BCUT2D eigenvalue weighted by Gasteiger charge is -2.19. The van der Waals surface area contributed by atoms with Crippen molar-refractivity contribution in [3.63, 3.8) is 0 Å². The van der Waals surface area contributed by atoms with Crippen molar-refractivity contribution in [2.75, 3.05) is 20.1 Å². The van der Waals surface area contributed by atoms with Crippen molar-refractivity contribution in [2.45, 2.75) is 24.5 Å². The van der Waals surface area contributed by atoms with Crippen LogP contribution in [0.2, 0.25) is 0 Å². The number of hydrogen-bond acceptors (Lipinski definition) is 5. The molecular weight excluding hydrogens is 282 g/mol. The minimum absolute atomic E-state index is 0.0309. The Kier molecular flexibility index (Phi) is 4.17. The molecule has 2 unspecified atom stereocenters. The number of nitrogens with one attached hydrogen (secondary N) is 1. The molecule has 0 radical (unpaired) electrons. The normalized spacial score (nSPS) is 23.2. The molecule has 7 nitrogen and oxygen atoms in total. The summed E-state index contributed by atoms with van der Waals surface area (Å²) in [5, 5.41) is -0.259. The van der Waals surface area contributed by atoms with Crippen molar-refractivity contribution in [3.05, 3.63) is 17.9 Å². The number of hydrogen-bond donors (Lipinski definition) is 2. The number of likely N-dealkylation sites (tertiary alicyclic amines) is 1. The summed E-state index contributed by atoms with van der Waals surface area (Å²) >= 11 is 0. The van der Waals surface area contributed by atoms with Gasteiger partial charge in [0.05, 0.1) is 0 Å². The first-order valence-corrected chi connectivity index (χ1v) is 7.91. The van der Waals surface area contributed by atoms with E-state index in [0.717, 1.165) is 6.42 Å². The SMILES string of the molecule is CNS(=O)(=O)c1ccc(C(=O)N2CC(CN)CC2C)o1. The third-order valence-electron chi connectivity index (χ3n) is 3.58. The van der Waals surface area contributed by atoms with Crippen LogP contribution in [0.25, 0.3) is 0 Å². The molecule has 1 aromatic rings. The second-order valence-electron chi connectivity index (χ2n) is 4.97. The molecule has 1 saturated heterocycles. The van der Waals surface area contributed by atoms with Crippen molar-refractivity contribution in [2.24, 2.45) is 11.7 Å². The number of furan rings is 1. The van der Waals surface area contributed by atoms with Crippen molar-refractivity contribution >= 4 is 15.9 Å². The molecule has 1 amide bonds. The summed E-state index contributed by atoms with van der Waals surface area (Å²) in [7, 11) is -2.39. The van der Waals surface area contributed by atoms with Crippen LogP contribution in [0.15, 0.2) is 21.6 Å². The Hall–Kier alpha value is -1.38. The minimum Gasteiger partial charge on any atom is -0.438 e. The maximum Gasteiger partial charge on any atom is 0.289 e. The summed E-state index contributed by atoms with van der Waals surface area (Å²) in [5.41, 5.74) is 5.63. The Labute approximate surface area is 118 Å². The first-order valence-electron chi connectivity index (χ1n) is 6.43. The molecule has 0 aromatic carbocycles. The summed E-state index contributed by atoms with van der Waals surface area (Å²) in [4.78, 5) is 14.0. The molecule has 8 heteroatoms. The smallest absolute Gasteiger partial charge is 0.289 e. The summed E-state index contributed by atoms with van der Waals surface area (Å²) in [6.07, 6.45) is 0.852. The molecule has 1 aromatic heterocycles. The highest BCUT2D eigenvalue weighted by Crippen LogP contribution is 2.25. The Balaban J connectivity index is 2.19. The molecule has 3 N–H and O–H groups in total. The molecule has 2 atom stereocenters. The van der Waals surface area contributed by atoms with E-state index in [1.54, 1.807) is 4.90 Å². The second kappa shape index (κ2) is 5.55. The van der Waals surface area contributed by atoms with Crippen LogP contribution >= 0.6 is 0 Å². The van der Waals surface area contributed by atoms with E-state index < -0.39 is 10.0 Å². The van der Waals surface area contributed by atoms with Gasteiger partial charge in [-0.25, -0.2) is 13.1 Å². The molecule has 2 rings (SSSR count). The van der Waals surface area contributed by atoms with Gasteiger partial charge in [-0.1, -0.05) is 0 Å². The topological polar surface area (TPSA) is 106 Å². The largest absolute Gasteiger partial charge is 0.438 e. The van der Waals surface area contributed by atoms with Gasteiger partial charge in [0, 0.05) is 12.6 Å². The van der Waals surface area contributed by atoms with E-state index in [4.69, 9.17) is 10.2 Å². The van der Waals surface area contributed by atoms with Gasteiger partial charge in [-0.05, 0) is 45.0 Å². The van der Waals surface area contributed by atoms with Crippen LogP contribution in [0, 0.1) is 5.92 Å². The Morgan fingerprint density at radius 2 is 2.25 bits per heavy atom. The number of amides is 1. The Bertz CT molecular complexity index is 596. The van der Waals surface area contributed by atoms with Gasteiger partial charge in [0.1, 0.15) is 0 Å². The van der Waals surface area contributed by atoms with Crippen molar-refractivity contribution < 1.29 is 17.6 Å². The number of carbonyl (C=O) groups excluding carboxylic acids is 1. The quantitative estimate of drug-likeness (QED) is 0.814. The lowest BCUT2D eigenvalue weighted by atomic mass is 10.1. The number of nitrogens with zero attached hydrogens (tertiary/aromatic N) is 1. The number of nitrogens with two attached hydrogens (primary N) is 1. The molecule has 20 heavy (non-hydrogen) atoms. The third kappa shape index (κ3) is 2.72. The molecule has 1 aliphatic rings. The highest BCUT2D eigenvalue weighted by Gasteiger charge is 2.33. The lowest BCUT2D eigenvalue weighted by Crippen LogP contribution is -2.34. The third-order valence-corrected chi connectivity index (χ3v) is 4.87. The summed E-state index contributed by atoms with van der Waals surface area (Å²) in [6.45, 7) is 3.05. The zero-order valence-electron chi connectivity index (χ0n) is 11.5. The highest BCUT2D eigenvalue weighted by atomic mass is 32.2. The van der Waals surface area contributed by atoms with E-state index in [9.17, 15) is 13.2 Å². The van der Waals surface area contributed by atoms with Gasteiger partial charge < -0.3 is 15.1 Å². The molecule has 0 bridgehead atoms. The van der Waals surface area contributed by atoms with Crippen LogP contribution in [0.1, 0.15) is 23.9 Å². The molecule has 0 aliphatic carbocycles. The van der Waals surface area contributed by atoms with Crippen LogP contribution in [-0.2, 0) is 10.0 Å². The number of sulfonamides is 1.